The molecule has 1 aromatic rings. The molecule has 1 amide bonds. The average Bonchev–Trinajstić information content (AvgIpc) is 2.35. The topological polar surface area (TPSA) is 23.6 Å². The average molecular weight is 329 g/mol. The van der Waals surface area contributed by atoms with E-state index in [1.54, 1.807) is 6.07 Å². The second kappa shape index (κ2) is 5.21. The van der Waals surface area contributed by atoms with E-state index in [2.05, 4.69) is 41.7 Å². The van der Waals surface area contributed by atoms with Crippen LogP contribution < -0.4 is 0 Å². The fourth-order valence-electron chi connectivity index (χ4n) is 2.23. The highest BCUT2D eigenvalue weighted by atomic mass is 79.9. The first-order valence-corrected chi connectivity index (χ1v) is 7.06. The van der Waals surface area contributed by atoms with Gasteiger partial charge in [0.05, 0.1) is 4.47 Å². The Bertz CT molecular complexity index is 504. The summed E-state index contributed by atoms with van der Waals surface area (Å²) in [7, 11) is 2.07. The number of piperazine rings is 1. The second-order valence-electron chi connectivity index (χ2n) is 5.59. The minimum absolute atomic E-state index is 0.0365. The van der Waals surface area contributed by atoms with Crippen LogP contribution in [0.2, 0.25) is 0 Å². The van der Waals surface area contributed by atoms with Gasteiger partial charge in [-0.2, -0.15) is 0 Å². The van der Waals surface area contributed by atoms with Crippen molar-refractivity contribution in [3.8, 4) is 0 Å². The van der Waals surface area contributed by atoms with Gasteiger partial charge in [-0.3, -0.25) is 9.69 Å². The fourth-order valence-corrected chi connectivity index (χ4v) is 2.60. The molecule has 1 fully saturated rings. The Morgan fingerprint density at radius 1 is 1.37 bits per heavy atom. The molecule has 0 unspecified atom stereocenters. The van der Waals surface area contributed by atoms with Gasteiger partial charge in [0.1, 0.15) is 5.82 Å². The number of rotatable bonds is 1. The number of carbonyl (C=O) groups is 1. The van der Waals surface area contributed by atoms with Gasteiger partial charge in [-0.15, -0.1) is 0 Å². The number of nitrogens with zero attached hydrogens (tertiary/aromatic N) is 2. The Kier molecular flexibility index (Phi) is 3.97. The number of benzene rings is 1. The molecule has 0 N–H and O–H groups in total. The number of hydrogen-bond donors (Lipinski definition) is 0. The minimum atomic E-state index is -0.352. The maximum atomic E-state index is 13.2. The van der Waals surface area contributed by atoms with Crippen LogP contribution in [0, 0.1) is 5.82 Å². The Morgan fingerprint density at radius 2 is 2.05 bits per heavy atom. The van der Waals surface area contributed by atoms with Crippen LogP contribution in [0.15, 0.2) is 22.7 Å². The maximum absolute atomic E-state index is 13.2. The van der Waals surface area contributed by atoms with Gasteiger partial charge in [0.15, 0.2) is 0 Å². The number of carbonyl (C=O) groups excluding carboxylic acids is 1. The van der Waals surface area contributed by atoms with Crippen LogP contribution in [0.4, 0.5) is 4.39 Å². The summed E-state index contributed by atoms with van der Waals surface area (Å²) in [4.78, 5) is 16.5. The van der Waals surface area contributed by atoms with Crippen molar-refractivity contribution in [1.82, 2.24) is 9.80 Å². The molecule has 0 spiro atoms. The van der Waals surface area contributed by atoms with E-state index in [0.717, 1.165) is 6.54 Å². The van der Waals surface area contributed by atoms with Crippen molar-refractivity contribution >= 4 is 21.8 Å². The maximum Gasteiger partial charge on any atom is 0.254 e. The van der Waals surface area contributed by atoms with Crippen LogP contribution >= 0.6 is 15.9 Å². The molecule has 0 radical (unpaired) electrons. The molecule has 5 heteroatoms. The summed E-state index contributed by atoms with van der Waals surface area (Å²) in [6.07, 6.45) is 0. The van der Waals surface area contributed by atoms with Gasteiger partial charge >= 0.3 is 0 Å². The van der Waals surface area contributed by atoms with Crippen molar-refractivity contribution in [2.45, 2.75) is 19.4 Å². The molecule has 0 aliphatic carbocycles. The lowest BCUT2D eigenvalue weighted by atomic mass is 9.99. The molecule has 1 aromatic carbocycles. The van der Waals surface area contributed by atoms with Crippen molar-refractivity contribution in [2.75, 3.05) is 26.7 Å². The number of amides is 1. The summed E-state index contributed by atoms with van der Waals surface area (Å²) in [5, 5.41) is 0. The van der Waals surface area contributed by atoms with E-state index in [0.29, 0.717) is 23.1 Å². The molecule has 0 saturated carbocycles. The van der Waals surface area contributed by atoms with Crippen molar-refractivity contribution in [3.63, 3.8) is 0 Å². The zero-order valence-electron chi connectivity index (χ0n) is 11.4. The van der Waals surface area contributed by atoms with E-state index in [9.17, 15) is 9.18 Å². The van der Waals surface area contributed by atoms with Gasteiger partial charge in [0, 0.05) is 30.7 Å². The SMILES string of the molecule is CN1CCN(C(=O)c2ccc(F)c(Br)c2)CC1(C)C. The van der Waals surface area contributed by atoms with E-state index in [-0.39, 0.29) is 17.3 Å². The Labute approximate surface area is 121 Å². The van der Waals surface area contributed by atoms with Crippen molar-refractivity contribution < 1.29 is 9.18 Å². The lowest BCUT2D eigenvalue weighted by molar-refractivity contribution is 0.0311. The molecule has 0 bridgehead atoms. The third-order valence-electron chi connectivity index (χ3n) is 3.77. The zero-order valence-corrected chi connectivity index (χ0v) is 13.0. The van der Waals surface area contributed by atoms with Gasteiger partial charge in [0.25, 0.3) is 5.91 Å². The van der Waals surface area contributed by atoms with E-state index >= 15 is 0 Å². The van der Waals surface area contributed by atoms with E-state index in [1.807, 2.05) is 4.90 Å². The van der Waals surface area contributed by atoms with Crippen LogP contribution in [0.1, 0.15) is 24.2 Å². The molecular weight excluding hydrogens is 311 g/mol. The summed E-state index contributed by atoms with van der Waals surface area (Å²) in [6.45, 7) is 6.46. The standard InChI is InChI=1S/C14H18BrFN2O/c1-14(2)9-18(7-6-17(14)3)13(19)10-4-5-12(16)11(15)8-10/h4-5,8H,6-7,9H2,1-3H3. The van der Waals surface area contributed by atoms with Crippen LogP contribution in [-0.2, 0) is 0 Å². The molecule has 0 atom stereocenters. The largest absolute Gasteiger partial charge is 0.336 e. The smallest absolute Gasteiger partial charge is 0.254 e. The van der Waals surface area contributed by atoms with Crippen LogP contribution in [0.25, 0.3) is 0 Å². The third-order valence-corrected chi connectivity index (χ3v) is 4.38. The first-order chi connectivity index (χ1) is 8.81. The molecule has 0 aromatic heterocycles. The normalized spacial score (nSPS) is 19.5. The van der Waals surface area contributed by atoms with Crippen LogP contribution in [0.5, 0.6) is 0 Å². The van der Waals surface area contributed by atoms with Gasteiger partial charge in [-0.25, -0.2) is 4.39 Å². The highest BCUT2D eigenvalue weighted by Gasteiger charge is 2.33. The number of hydrogen-bond acceptors (Lipinski definition) is 2. The molecule has 1 heterocycles. The zero-order chi connectivity index (χ0) is 14.2. The Hall–Kier alpha value is -0.940. The predicted molar refractivity (Wildman–Crippen MR) is 76.7 cm³/mol. The quantitative estimate of drug-likeness (QED) is 0.791. The van der Waals surface area contributed by atoms with E-state index < -0.39 is 0 Å². The monoisotopic (exact) mass is 328 g/mol. The van der Waals surface area contributed by atoms with E-state index in [1.165, 1.54) is 12.1 Å². The molecule has 1 aliphatic rings. The van der Waals surface area contributed by atoms with Gasteiger partial charge in [-0.05, 0) is 55.0 Å². The molecule has 104 valence electrons. The summed E-state index contributed by atoms with van der Waals surface area (Å²) >= 11 is 3.12. The fraction of sp³-hybridized carbons (Fsp3) is 0.500. The van der Waals surface area contributed by atoms with Crippen LogP contribution in [0.3, 0.4) is 0 Å². The van der Waals surface area contributed by atoms with Gasteiger partial charge < -0.3 is 4.90 Å². The van der Waals surface area contributed by atoms with E-state index in [4.69, 9.17) is 0 Å². The summed E-state index contributed by atoms with van der Waals surface area (Å²) < 4.78 is 13.5. The van der Waals surface area contributed by atoms with Crippen LogP contribution in [-0.4, -0.2) is 47.9 Å². The minimum Gasteiger partial charge on any atom is -0.336 e. The molecule has 1 aliphatic heterocycles. The highest BCUT2D eigenvalue weighted by molar-refractivity contribution is 9.10. The Morgan fingerprint density at radius 3 is 2.63 bits per heavy atom. The highest BCUT2D eigenvalue weighted by Crippen LogP contribution is 2.22. The van der Waals surface area contributed by atoms with Crippen molar-refractivity contribution in [3.05, 3.63) is 34.1 Å². The third kappa shape index (κ3) is 2.98. The van der Waals surface area contributed by atoms with Gasteiger partial charge in [-0.1, -0.05) is 0 Å². The molecule has 19 heavy (non-hydrogen) atoms. The van der Waals surface area contributed by atoms with Crippen molar-refractivity contribution in [1.29, 1.82) is 0 Å². The van der Waals surface area contributed by atoms with Crippen molar-refractivity contribution in [2.24, 2.45) is 0 Å². The van der Waals surface area contributed by atoms with Gasteiger partial charge in [0.2, 0.25) is 0 Å². The molecule has 1 saturated heterocycles. The molecule has 2 rings (SSSR count). The number of halogens is 2. The predicted octanol–water partition coefficient (Wildman–Crippen LogP) is 2.75. The lowest BCUT2D eigenvalue weighted by Crippen LogP contribution is -2.58. The summed E-state index contributed by atoms with van der Waals surface area (Å²) in [6, 6.07) is 4.40. The Balaban J connectivity index is 2.18. The summed E-state index contributed by atoms with van der Waals surface area (Å²) in [5.74, 6) is -0.392. The lowest BCUT2D eigenvalue weighted by Gasteiger charge is -2.45. The number of likely N-dealkylation sites (N-methyl/N-ethyl adjacent to an activating group) is 1. The first kappa shape index (κ1) is 14.5. The molecule has 3 nitrogen and oxygen atoms in total. The second-order valence-corrected chi connectivity index (χ2v) is 6.44. The first-order valence-electron chi connectivity index (χ1n) is 6.27. The molecular formula is C14H18BrFN2O. The summed E-state index contributed by atoms with van der Waals surface area (Å²) in [5.41, 5.74) is 0.485.